The number of aryl methyl sites for hydroxylation is 1. The molecule has 4 nitrogen and oxygen atoms in total. The van der Waals surface area contributed by atoms with Gasteiger partial charge in [0.15, 0.2) is 19.2 Å². The highest BCUT2D eigenvalue weighted by molar-refractivity contribution is 7.19. The maximum atomic E-state index is 7.37. The van der Waals surface area contributed by atoms with Crippen molar-refractivity contribution >= 4 is 139 Å². The van der Waals surface area contributed by atoms with Gasteiger partial charge >= 0.3 is 0 Å². The van der Waals surface area contributed by atoms with Crippen LogP contribution < -0.4 is 30.5 Å². The molecule has 2 aromatic heterocycles. The van der Waals surface area contributed by atoms with Gasteiger partial charge in [-0.1, -0.05) is 333 Å². The molecule has 0 fully saturated rings. The standard InChI is InChI=1S/C104H68N2O2Si/c1-67-51-53-68(54-52-67)73-62-89-85-43-20-24-50-100(85)108-103(89)98(64-73)106(95-48-26-30-71-28-12-14-38-80(71)95)96-66-93-101(86-44-16-15-41-83(86)96)87-60-57-74(65-92(87)104(93)90-45-21-17-39-81(90)82-40-18-22-46-91(82)104)105(94-47-25-29-70-27-11-13-37-79(70)94)97-63-72(61-88-84-42-19-23-49-99(84)107-102(88)97)69-55-58-78(59-56-69)109(75-31-5-2-6-32-75,76-33-7-3-8-34-76)77-35-9-4-10-36-77/h2-66H,1H3. The maximum absolute atomic E-state index is 7.37. The first-order valence-corrected chi connectivity index (χ1v) is 39.7. The molecule has 510 valence electrons. The van der Waals surface area contributed by atoms with E-state index in [1.165, 1.54) is 70.8 Å². The maximum Gasteiger partial charge on any atom is 0.179 e. The lowest BCUT2D eigenvalue weighted by Crippen LogP contribution is -2.74. The molecule has 0 saturated heterocycles. The minimum absolute atomic E-state index is 0.808. The number of fused-ring (bicyclic) bond motifs is 20. The molecule has 0 N–H and O–H groups in total. The summed E-state index contributed by atoms with van der Waals surface area (Å²) in [5.41, 5.74) is 23.9. The van der Waals surface area contributed by atoms with Crippen molar-refractivity contribution in [1.82, 2.24) is 0 Å². The molecule has 5 heteroatoms. The molecule has 1 spiro atoms. The molecule has 2 aliphatic rings. The average Bonchev–Trinajstić information content (AvgIpc) is 1.50. The van der Waals surface area contributed by atoms with Crippen molar-refractivity contribution in [3.8, 4) is 44.5 Å². The van der Waals surface area contributed by atoms with Crippen molar-refractivity contribution in [2.24, 2.45) is 0 Å². The fourth-order valence-electron chi connectivity index (χ4n) is 18.9. The Morgan fingerprint density at radius 3 is 1.21 bits per heavy atom. The van der Waals surface area contributed by atoms with Crippen LogP contribution in [0.25, 0.3) is 121 Å². The highest BCUT2D eigenvalue weighted by Gasteiger charge is 2.53. The third kappa shape index (κ3) is 9.37. The number of hydrogen-bond donors (Lipinski definition) is 0. The minimum Gasteiger partial charge on any atom is -0.454 e. The molecule has 0 atom stereocenters. The van der Waals surface area contributed by atoms with E-state index in [1.807, 2.05) is 0 Å². The number of rotatable bonds is 12. The van der Waals surface area contributed by atoms with Gasteiger partial charge in [-0.05, 0) is 177 Å². The molecule has 0 amide bonds. The van der Waals surface area contributed by atoms with Crippen molar-refractivity contribution in [3.05, 3.63) is 422 Å². The zero-order valence-corrected chi connectivity index (χ0v) is 60.7. The smallest absolute Gasteiger partial charge is 0.179 e. The van der Waals surface area contributed by atoms with Crippen LogP contribution >= 0.6 is 0 Å². The largest absolute Gasteiger partial charge is 0.454 e. The first kappa shape index (κ1) is 62.5. The fraction of sp³-hybridized carbons (Fsp3) is 0.0192. The summed E-state index contributed by atoms with van der Waals surface area (Å²) in [6, 6.07) is 147. The van der Waals surface area contributed by atoms with E-state index in [0.29, 0.717) is 0 Å². The molecule has 2 aliphatic carbocycles. The normalized spacial score (nSPS) is 12.7. The Morgan fingerprint density at radius 2 is 0.670 bits per heavy atom. The Labute approximate surface area is 632 Å². The lowest BCUT2D eigenvalue weighted by Gasteiger charge is -2.34. The molecule has 0 bridgehead atoms. The number of anilines is 6. The zero-order valence-electron chi connectivity index (χ0n) is 59.7. The van der Waals surface area contributed by atoms with E-state index in [9.17, 15) is 0 Å². The van der Waals surface area contributed by atoms with Gasteiger partial charge < -0.3 is 18.6 Å². The summed E-state index contributed by atoms with van der Waals surface area (Å²) in [5, 5.41) is 16.4. The van der Waals surface area contributed by atoms with Gasteiger partial charge in [-0.15, -0.1) is 0 Å². The van der Waals surface area contributed by atoms with E-state index < -0.39 is 13.5 Å². The third-order valence-corrected chi connectivity index (χ3v) is 28.4. The van der Waals surface area contributed by atoms with Gasteiger partial charge in [0.05, 0.1) is 33.9 Å². The highest BCUT2D eigenvalue weighted by Crippen LogP contribution is 2.66. The topological polar surface area (TPSA) is 32.8 Å². The van der Waals surface area contributed by atoms with Crippen LogP contribution in [0.4, 0.5) is 34.1 Å². The summed E-state index contributed by atoms with van der Waals surface area (Å²) in [6.45, 7) is 2.16. The molecule has 0 radical (unpaired) electrons. The van der Waals surface area contributed by atoms with Gasteiger partial charge in [0.2, 0.25) is 0 Å². The van der Waals surface area contributed by atoms with Crippen molar-refractivity contribution in [3.63, 3.8) is 0 Å². The summed E-state index contributed by atoms with van der Waals surface area (Å²) in [4.78, 5) is 5.05. The molecular weight excluding hydrogens is 1340 g/mol. The second-order valence-corrected chi connectivity index (χ2v) is 33.1. The first-order chi connectivity index (χ1) is 54.0. The number of benzene rings is 18. The fourth-order valence-corrected chi connectivity index (χ4v) is 23.6. The Balaban J connectivity index is 0.811. The van der Waals surface area contributed by atoms with Crippen LogP contribution in [0.1, 0.15) is 27.8 Å². The summed E-state index contributed by atoms with van der Waals surface area (Å²) in [7, 11) is -2.85. The lowest BCUT2D eigenvalue weighted by atomic mass is 9.70. The summed E-state index contributed by atoms with van der Waals surface area (Å²) < 4.78 is 14.7. The molecule has 20 aromatic rings. The Hall–Kier alpha value is -13.8. The van der Waals surface area contributed by atoms with Crippen LogP contribution in [0, 0.1) is 6.92 Å². The summed E-state index contributed by atoms with van der Waals surface area (Å²) in [5.74, 6) is 0. The van der Waals surface area contributed by atoms with E-state index in [4.69, 9.17) is 8.83 Å². The molecule has 0 aliphatic heterocycles. The number of furan rings is 2. The summed E-state index contributed by atoms with van der Waals surface area (Å²) >= 11 is 0. The second-order valence-electron chi connectivity index (χ2n) is 29.3. The molecule has 0 unspecified atom stereocenters. The van der Waals surface area contributed by atoms with Crippen LogP contribution in [-0.2, 0) is 5.41 Å². The van der Waals surface area contributed by atoms with Gasteiger partial charge in [0.1, 0.15) is 11.2 Å². The number of hydrogen-bond acceptors (Lipinski definition) is 4. The van der Waals surface area contributed by atoms with Gasteiger partial charge in [-0.2, -0.15) is 0 Å². The van der Waals surface area contributed by atoms with E-state index in [2.05, 4.69) is 411 Å². The van der Waals surface area contributed by atoms with Gasteiger partial charge in [-0.25, -0.2) is 0 Å². The Morgan fingerprint density at radius 1 is 0.248 bits per heavy atom. The van der Waals surface area contributed by atoms with Crippen molar-refractivity contribution in [2.45, 2.75) is 12.3 Å². The highest BCUT2D eigenvalue weighted by atomic mass is 28.3. The average molecular weight is 1410 g/mol. The van der Waals surface area contributed by atoms with E-state index in [1.54, 1.807) is 0 Å². The van der Waals surface area contributed by atoms with Crippen LogP contribution in [0.3, 0.4) is 0 Å². The van der Waals surface area contributed by atoms with Crippen LogP contribution in [0.15, 0.2) is 403 Å². The van der Waals surface area contributed by atoms with E-state index >= 15 is 0 Å². The molecular formula is C104H68N2O2Si. The van der Waals surface area contributed by atoms with Crippen LogP contribution in [0.2, 0.25) is 0 Å². The van der Waals surface area contributed by atoms with Gasteiger partial charge in [0.25, 0.3) is 0 Å². The third-order valence-electron chi connectivity index (χ3n) is 23.6. The van der Waals surface area contributed by atoms with Crippen LogP contribution in [0.5, 0.6) is 0 Å². The van der Waals surface area contributed by atoms with Gasteiger partial charge in [0, 0.05) is 43.4 Å². The Bertz CT molecular complexity index is 6910. The zero-order chi connectivity index (χ0) is 71.9. The molecule has 22 rings (SSSR count). The minimum atomic E-state index is -2.85. The first-order valence-electron chi connectivity index (χ1n) is 37.7. The Kier molecular flexibility index (Phi) is 14.1. The number of para-hydroxylation sites is 2. The van der Waals surface area contributed by atoms with Crippen molar-refractivity contribution < 1.29 is 8.83 Å². The molecule has 2 heterocycles. The van der Waals surface area contributed by atoms with Crippen molar-refractivity contribution in [2.75, 3.05) is 9.80 Å². The SMILES string of the molecule is Cc1ccc(-c2cc(N(c3cccc4ccccc34)c3cc4c(c5ccccc35)-c3ccc(N(c5cccc6ccccc56)c5cc(-c6ccc([Si](c7ccccc7)(c7ccccc7)c7ccccc7)cc6)cc6c5oc5ccccc56)cc3C43c4ccccc4-c4ccccc43)c3oc4ccccc4c3c2)cc1. The van der Waals surface area contributed by atoms with E-state index in [0.717, 1.165) is 133 Å². The predicted molar refractivity (Wildman–Crippen MR) is 458 cm³/mol. The van der Waals surface area contributed by atoms with E-state index in [-0.39, 0.29) is 0 Å². The quantitative estimate of drug-likeness (QED) is 0.0901. The molecule has 109 heavy (non-hydrogen) atoms. The predicted octanol–water partition coefficient (Wildman–Crippen LogP) is 25.2. The summed E-state index contributed by atoms with van der Waals surface area (Å²) in [6.07, 6.45) is 0. The number of nitrogens with zero attached hydrogens (tertiary/aromatic N) is 2. The van der Waals surface area contributed by atoms with Crippen molar-refractivity contribution in [1.29, 1.82) is 0 Å². The lowest BCUT2D eigenvalue weighted by molar-refractivity contribution is 0.669. The molecule has 18 aromatic carbocycles. The second kappa shape index (κ2) is 24.6. The monoisotopic (exact) mass is 1400 g/mol. The molecule has 0 saturated carbocycles. The van der Waals surface area contributed by atoms with Gasteiger partial charge in [-0.3, -0.25) is 0 Å². The van der Waals surface area contributed by atoms with Crippen LogP contribution in [-0.4, -0.2) is 8.07 Å².